The number of carbonyl (C=O) groups is 2. The molecule has 4 rings (SSSR count). The van der Waals surface area contributed by atoms with Crippen molar-refractivity contribution < 1.29 is 32.6 Å². The molecule has 1 aromatic rings. The molecule has 162 valence electrons. The summed E-state index contributed by atoms with van der Waals surface area (Å²) in [5, 5.41) is 8.98. The standard InChI is InChI=1S/C16H23N3O2S.C2HF3O2/c20-16(13-10-22-11-17-13)19-8-12-4-3-7-21-15(12)14(9-19)18-5-1-2-6-18;3-2(4,5)1(6)7/h10-12,14-15H,1-9H2;(H,6,7)/t12-,14+,15-;/m0./s1. The number of rotatable bonds is 2. The molecule has 4 heterocycles. The maximum atomic E-state index is 12.7. The molecular formula is C18H24F3N3O4S. The number of alkyl halides is 3. The number of nitrogens with zero attached hydrogens (tertiary/aromatic N) is 3. The molecule has 0 aromatic carbocycles. The van der Waals surface area contributed by atoms with E-state index in [-0.39, 0.29) is 5.91 Å². The number of ether oxygens (including phenoxy) is 1. The zero-order valence-corrected chi connectivity index (χ0v) is 16.6. The number of amides is 1. The Bertz CT molecular complexity index is 695. The van der Waals surface area contributed by atoms with Crippen LogP contribution >= 0.6 is 11.3 Å². The lowest BCUT2D eigenvalue weighted by Crippen LogP contribution is -2.61. The van der Waals surface area contributed by atoms with Crippen LogP contribution in [-0.4, -0.2) is 82.9 Å². The van der Waals surface area contributed by atoms with Crippen LogP contribution in [0.4, 0.5) is 13.2 Å². The molecule has 11 heteroatoms. The SMILES string of the molecule is O=C(O)C(F)(F)F.O=C(c1cscn1)N1C[C@@H]2CCCO[C@@H]2[C@H](N2CCCC2)C1. The highest BCUT2D eigenvalue weighted by molar-refractivity contribution is 7.07. The lowest BCUT2D eigenvalue weighted by atomic mass is 9.84. The molecule has 1 aromatic heterocycles. The Morgan fingerprint density at radius 3 is 2.48 bits per heavy atom. The van der Waals surface area contributed by atoms with E-state index in [1.807, 2.05) is 10.3 Å². The minimum Gasteiger partial charge on any atom is -0.475 e. The fourth-order valence-electron chi connectivity index (χ4n) is 4.22. The first-order chi connectivity index (χ1) is 13.8. The lowest BCUT2D eigenvalue weighted by Gasteiger charge is -2.48. The van der Waals surface area contributed by atoms with Gasteiger partial charge in [0.15, 0.2) is 0 Å². The van der Waals surface area contributed by atoms with Crippen LogP contribution in [0, 0.1) is 5.92 Å². The van der Waals surface area contributed by atoms with Crippen molar-refractivity contribution in [1.29, 1.82) is 0 Å². The molecule has 0 bridgehead atoms. The molecule has 0 unspecified atom stereocenters. The van der Waals surface area contributed by atoms with Gasteiger partial charge < -0.3 is 14.7 Å². The van der Waals surface area contributed by atoms with Gasteiger partial charge in [0.1, 0.15) is 5.69 Å². The van der Waals surface area contributed by atoms with E-state index >= 15 is 0 Å². The van der Waals surface area contributed by atoms with Crippen molar-refractivity contribution in [3.63, 3.8) is 0 Å². The van der Waals surface area contributed by atoms with Crippen LogP contribution in [0.3, 0.4) is 0 Å². The highest BCUT2D eigenvalue weighted by Gasteiger charge is 2.44. The van der Waals surface area contributed by atoms with Gasteiger partial charge in [-0.25, -0.2) is 9.78 Å². The highest BCUT2D eigenvalue weighted by atomic mass is 32.1. The van der Waals surface area contributed by atoms with E-state index in [1.54, 1.807) is 5.51 Å². The first-order valence-corrected chi connectivity index (χ1v) is 10.5. The third-order valence-corrected chi connectivity index (χ3v) is 6.11. The molecule has 0 aliphatic carbocycles. The van der Waals surface area contributed by atoms with Crippen molar-refractivity contribution in [1.82, 2.24) is 14.8 Å². The van der Waals surface area contributed by atoms with Gasteiger partial charge in [0.05, 0.1) is 17.7 Å². The van der Waals surface area contributed by atoms with Gasteiger partial charge in [-0.1, -0.05) is 0 Å². The predicted octanol–water partition coefficient (Wildman–Crippen LogP) is 2.49. The molecule has 3 saturated heterocycles. The Labute approximate surface area is 170 Å². The van der Waals surface area contributed by atoms with Gasteiger partial charge in [-0.3, -0.25) is 9.69 Å². The van der Waals surface area contributed by atoms with E-state index in [2.05, 4.69) is 9.88 Å². The normalized spacial score (nSPS) is 27.7. The summed E-state index contributed by atoms with van der Waals surface area (Å²) in [6.45, 7) is 4.79. The summed E-state index contributed by atoms with van der Waals surface area (Å²) in [7, 11) is 0. The van der Waals surface area contributed by atoms with Crippen LogP contribution in [0.5, 0.6) is 0 Å². The van der Waals surface area contributed by atoms with Gasteiger partial charge in [0.2, 0.25) is 0 Å². The molecule has 0 saturated carbocycles. The van der Waals surface area contributed by atoms with Crippen molar-refractivity contribution in [2.45, 2.75) is 44.0 Å². The molecule has 1 N–H and O–H groups in total. The average Bonchev–Trinajstić information content (AvgIpc) is 3.40. The Balaban J connectivity index is 0.000000298. The van der Waals surface area contributed by atoms with E-state index < -0.39 is 12.1 Å². The molecule has 3 atom stereocenters. The largest absolute Gasteiger partial charge is 0.490 e. The van der Waals surface area contributed by atoms with Gasteiger partial charge >= 0.3 is 12.1 Å². The summed E-state index contributed by atoms with van der Waals surface area (Å²) < 4.78 is 37.9. The second-order valence-electron chi connectivity index (χ2n) is 7.43. The molecular weight excluding hydrogens is 411 g/mol. The van der Waals surface area contributed by atoms with Crippen LogP contribution in [0.15, 0.2) is 10.9 Å². The topological polar surface area (TPSA) is 83.0 Å². The quantitative estimate of drug-likeness (QED) is 0.769. The molecule has 3 aliphatic rings. The fraction of sp³-hybridized carbons (Fsp3) is 0.722. The van der Waals surface area contributed by atoms with Gasteiger partial charge in [-0.15, -0.1) is 11.3 Å². The third-order valence-electron chi connectivity index (χ3n) is 5.53. The van der Waals surface area contributed by atoms with Crippen molar-refractivity contribution in [2.75, 3.05) is 32.8 Å². The number of carboxylic acids is 1. The summed E-state index contributed by atoms with van der Waals surface area (Å²) in [6, 6.07) is 0.365. The first-order valence-electron chi connectivity index (χ1n) is 9.60. The Kier molecular flexibility index (Phi) is 7.12. The van der Waals surface area contributed by atoms with Crippen LogP contribution in [-0.2, 0) is 9.53 Å². The summed E-state index contributed by atoms with van der Waals surface area (Å²) in [4.78, 5) is 30.4. The molecule has 7 nitrogen and oxygen atoms in total. The predicted molar refractivity (Wildman–Crippen MR) is 98.8 cm³/mol. The number of likely N-dealkylation sites (tertiary alicyclic amines) is 2. The number of carboxylic acid groups (broad SMARTS) is 1. The smallest absolute Gasteiger partial charge is 0.475 e. The molecule has 0 radical (unpaired) electrons. The Morgan fingerprint density at radius 1 is 1.21 bits per heavy atom. The maximum Gasteiger partial charge on any atom is 0.490 e. The summed E-state index contributed by atoms with van der Waals surface area (Å²) in [5.41, 5.74) is 2.34. The van der Waals surface area contributed by atoms with E-state index in [0.29, 0.717) is 23.8 Å². The minimum absolute atomic E-state index is 0.0921. The first kappa shape index (κ1) is 22.0. The van der Waals surface area contributed by atoms with Crippen molar-refractivity contribution in [3.05, 3.63) is 16.6 Å². The molecule has 1 amide bonds. The van der Waals surface area contributed by atoms with Crippen LogP contribution in [0.25, 0.3) is 0 Å². The van der Waals surface area contributed by atoms with Crippen molar-refractivity contribution in [3.8, 4) is 0 Å². The number of thiazole rings is 1. The zero-order valence-electron chi connectivity index (χ0n) is 15.8. The number of hydrogen-bond acceptors (Lipinski definition) is 6. The van der Waals surface area contributed by atoms with E-state index in [0.717, 1.165) is 39.2 Å². The number of aliphatic carboxylic acids is 1. The Hall–Kier alpha value is -1.72. The summed E-state index contributed by atoms with van der Waals surface area (Å²) in [6.07, 6.45) is 0.0657. The van der Waals surface area contributed by atoms with Gasteiger partial charge in [-0.05, 0) is 38.8 Å². The van der Waals surface area contributed by atoms with Crippen LogP contribution in [0.2, 0.25) is 0 Å². The second-order valence-corrected chi connectivity index (χ2v) is 8.15. The van der Waals surface area contributed by atoms with E-state index in [1.165, 1.54) is 30.6 Å². The van der Waals surface area contributed by atoms with Gasteiger partial charge in [0, 0.05) is 31.0 Å². The molecule has 29 heavy (non-hydrogen) atoms. The summed E-state index contributed by atoms with van der Waals surface area (Å²) in [5.74, 6) is -2.18. The number of carbonyl (C=O) groups excluding carboxylic acids is 1. The minimum atomic E-state index is -5.08. The Morgan fingerprint density at radius 2 is 1.90 bits per heavy atom. The summed E-state index contributed by atoms with van der Waals surface area (Å²) >= 11 is 1.49. The van der Waals surface area contributed by atoms with Gasteiger partial charge in [0.25, 0.3) is 5.91 Å². The molecule has 3 aliphatic heterocycles. The lowest BCUT2D eigenvalue weighted by molar-refractivity contribution is -0.192. The number of piperidine rings is 1. The zero-order chi connectivity index (χ0) is 21.0. The molecule has 0 spiro atoms. The maximum absolute atomic E-state index is 12.7. The van der Waals surface area contributed by atoms with Crippen molar-refractivity contribution >= 4 is 23.2 Å². The average molecular weight is 435 g/mol. The fourth-order valence-corrected chi connectivity index (χ4v) is 4.74. The van der Waals surface area contributed by atoms with Gasteiger partial charge in [-0.2, -0.15) is 13.2 Å². The van der Waals surface area contributed by atoms with E-state index in [9.17, 15) is 18.0 Å². The second kappa shape index (κ2) is 9.40. The number of hydrogen-bond donors (Lipinski definition) is 1. The number of halogens is 3. The molecule has 3 fully saturated rings. The van der Waals surface area contributed by atoms with Crippen LogP contribution < -0.4 is 0 Å². The van der Waals surface area contributed by atoms with Crippen molar-refractivity contribution in [2.24, 2.45) is 5.92 Å². The monoisotopic (exact) mass is 435 g/mol. The number of aromatic nitrogens is 1. The van der Waals surface area contributed by atoms with E-state index in [4.69, 9.17) is 14.6 Å². The third kappa shape index (κ3) is 5.46. The number of fused-ring (bicyclic) bond motifs is 1. The van der Waals surface area contributed by atoms with Crippen LogP contribution in [0.1, 0.15) is 36.2 Å². The highest BCUT2D eigenvalue weighted by Crippen LogP contribution is 2.33.